The van der Waals surface area contributed by atoms with Gasteiger partial charge in [0.2, 0.25) is 5.91 Å². The second kappa shape index (κ2) is 48.1. The maximum atomic E-state index is 13.0. The van der Waals surface area contributed by atoms with Gasteiger partial charge in [-0.3, -0.25) is 9.59 Å². The Morgan fingerprint density at radius 3 is 1.64 bits per heavy atom. The van der Waals surface area contributed by atoms with Crippen molar-refractivity contribution in [2.24, 2.45) is 0 Å². The van der Waals surface area contributed by atoms with Crippen molar-refractivity contribution in [2.75, 3.05) is 19.8 Å². The third kappa shape index (κ3) is 37.6. The maximum absolute atomic E-state index is 13.0. The molecule has 1 fully saturated rings. The van der Waals surface area contributed by atoms with Gasteiger partial charge in [0, 0.05) is 12.8 Å². The molecule has 70 heavy (non-hydrogen) atoms. The summed E-state index contributed by atoms with van der Waals surface area (Å²) in [5, 5.41) is 54.1. The third-order valence-electron chi connectivity index (χ3n) is 12.4. The van der Waals surface area contributed by atoms with Gasteiger partial charge in [0.1, 0.15) is 24.4 Å². The van der Waals surface area contributed by atoms with Gasteiger partial charge in [-0.05, 0) is 109 Å². The number of carbonyl (C=O) groups excluding carboxylic acids is 2. The van der Waals surface area contributed by atoms with E-state index in [4.69, 9.17) is 14.2 Å². The molecule has 1 saturated heterocycles. The zero-order valence-electron chi connectivity index (χ0n) is 43.9. The van der Waals surface area contributed by atoms with E-state index >= 15 is 0 Å². The predicted molar refractivity (Wildman–Crippen MR) is 287 cm³/mol. The molecule has 1 rings (SSSR count). The number of hydrogen-bond donors (Lipinski definition) is 6. The fraction of sp³-hybridized carbons (Fsp3) is 0.729. The lowest BCUT2D eigenvalue weighted by Crippen LogP contribution is -2.60. The van der Waals surface area contributed by atoms with Crippen LogP contribution in [0.5, 0.6) is 0 Å². The average Bonchev–Trinajstić information content (AvgIpc) is 3.36. The SMILES string of the molecule is CC/C=C/CC/C=C/CC/C=C/C(O)C(COC1OC(CO)C(O)C(O)C1O)NC(=O)CCCCCCCCCCCC/C=C\C=C/CCCCCOC(=O)CCCCCCC/C=C\C/C=C\CCC. The van der Waals surface area contributed by atoms with E-state index in [1.165, 1.54) is 70.6 Å². The molecule has 0 saturated carbocycles. The standard InChI is InChI=1S/C59H101NO10/c1-3-5-7-9-11-13-15-23-27-31-35-39-43-47-55(64)68-48-44-40-36-32-28-25-22-20-18-16-17-19-21-24-26-30-34-38-42-46-54(63)60-51(50-69-59-58(67)57(66)56(65)53(49-61)70-59)52(62)45-41-37-33-29-14-12-10-8-6-4-2/h6-9,13-15,20,22,25,28-29,41,45,51-53,56-59,61-62,65-67H,3-5,10-12,16-19,21,23-24,26-27,30-40,42-44,46-50H2,1-2H3,(H,60,63)/b8-6+,9-7-,15-13-,22-20-,28-25-,29-14+,45-41+. The first-order valence-corrected chi connectivity index (χ1v) is 27.9. The fourth-order valence-electron chi connectivity index (χ4n) is 8.03. The normalized spacial score (nSPS) is 19.9. The van der Waals surface area contributed by atoms with Gasteiger partial charge >= 0.3 is 5.97 Å². The van der Waals surface area contributed by atoms with Crippen molar-refractivity contribution in [3.8, 4) is 0 Å². The van der Waals surface area contributed by atoms with Crippen molar-refractivity contribution in [1.82, 2.24) is 5.32 Å². The van der Waals surface area contributed by atoms with Gasteiger partial charge in [0.05, 0.1) is 32.0 Å². The molecule has 1 aliphatic rings. The van der Waals surface area contributed by atoms with Gasteiger partial charge in [-0.2, -0.15) is 0 Å². The number of aliphatic hydroxyl groups excluding tert-OH is 5. The molecule has 0 spiro atoms. The van der Waals surface area contributed by atoms with Gasteiger partial charge in [-0.15, -0.1) is 0 Å². The lowest BCUT2D eigenvalue weighted by Gasteiger charge is -2.40. The number of amides is 1. The highest BCUT2D eigenvalue weighted by atomic mass is 16.7. The molecule has 0 radical (unpaired) electrons. The highest BCUT2D eigenvalue weighted by Crippen LogP contribution is 2.23. The first kappa shape index (κ1) is 64.9. The number of ether oxygens (including phenoxy) is 3. The number of hydrogen-bond acceptors (Lipinski definition) is 10. The van der Waals surface area contributed by atoms with Gasteiger partial charge in [0.15, 0.2) is 6.29 Å². The Morgan fingerprint density at radius 1 is 0.557 bits per heavy atom. The quantitative estimate of drug-likeness (QED) is 0.0149. The molecule has 1 heterocycles. The van der Waals surface area contributed by atoms with Crippen LogP contribution in [0.3, 0.4) is 0 Å². The number of carbonyl (C=O) groups is 2. The van der Waals surface area contributed by atoms with E-state index in [1.807, 2.05) is 6.08 Å². The van der Waals surface area contributed by atoms with Gasteiger partial charge in [-0.1, -0.05) is 176 Å². The molecular weight excluding hydrogens is 883 g/mol. The van der Waals surface area contributed by atoms with Crippen molar-refractivity contribution < 1.29 is 49.3 Å². The minimum atomic E-state index is -1.59. The second-order valence-corrected chi connectivity index (χ2v) is 18.9. The number of aliphatic hydroxyl groups is 5. The molecule has 1 amide bonds. The van der Waals surface area contributed by atoms with E-state index < -0.39 is 49.5 Å². The summed E-state index contributed by atoms with van der Waals surface area (Å²) >= 11 is 0. The molecule has 11 nitrogen and oxygen atoms in total. The van der Waals surface area contributed by atoms with Crippen LogP contribution in [0, 0.1) is 0 Å². The van der Waals surface area contributed by atoms with Crippen molar-refractivity contribution in [3.05, 3.63) is 85.1 Å². The van der Waals surface area contributed by atoms with Gasteiger partial charge in [0.25, 0.3) is 0 Å². The Bertz CT molecular complexity index is 1440. The Hall–Kier alpha value is -3.16. The van der Waals surface area contributed by atoms with Crippen LogP contribution in [0.15, 0.2) is 85.1 Å². The van der Waals surface area contributed by atoms with E-state index in [0.29, 0.717) is 25.9 Å². The van der Waals surface area contributed by atoms with Crippen LogP contribution in [0.25, 0.3) is 0 Å². The van der Waals surface area contributed by atoms with Gasteiger partial charge < -0.3 is 45.1 Å². The molecule has 1 aliphatic heterocycles. The van der Waals surface area contributed by atoms with E-state index in [-0.39, 0.29) is 18.5 Å². The smallest absolute Gasteiger partial charge is 0.305 e. The molecule has 0 bridgehead atoms. The monoisotopic (exact) mass is 984 g/mol. The number of rotatable bonds is 46. The summed E-state index contributed by atoms with van der Waals surface area (Å²) in [6.07, 6.45) is 54.0. The highest BCUT2D eigenvalue weighted by Gasteiger charge is 2.44. The third-order valence-corrected chi connectivity index (χ3v) is 12.4. The molecule has 0 aromatic heterocycles. The summed E-state index contributed by atoms with van der Waals surface area (Å²) in [7, 11) is 0. The largest absolute Gasteiger partial charge is 0.466 e. The number of nitrogens with one attached hydrogen (secondary N) is 1. The lowest BCUT2D eigenvalue weighted by atomic mass is 9.99. The summed E-state index contributed by atoms with van der Waals surface area (Å²) in [6.45, 7) is 4.05. The van der Waals surface area contributed by atoms with E-state index in [1.54, 1.807) is 6.08 Å². The van der Waals surface area contributed by atoms with E-state index in [2.05, 4.69) is 92.1 Å². The number of allylic oxidation sites excluding steroid dienone is 13. The molecule has 0 aromatic carbocycles. The summed E-state index contributed by atoms with van der Waals surface area (Å²) in [5.41, 5.74) is 0. The summed E-state index contributed by atoms with van der Waals surface area (Å²) < 4.78 is 16.6. The summed E-state index contributed by atoms with van der Waals surface area (Å²) in [6, 6.07) is -0.844. The van der Waals surface area contributed by atoms with Crippen molar-refractivity contribution in [1.29, 1.82) is 0 Å². The molecule has 11 heteroatoms. The second-order valence-electron chi connectivity index (χ2n) is 18.9. The Labute approximate surface area is 425 Å². The molecular formula is C59H101NO10. The Balaban J connectivity index is 2.11. The summed E-state index contributed by atoms with van der Waals surface area (Å²) in [5.74, 6) is -0.258. The molecule has 7 atom stereocenters. The highest BCUT2D eigenvalue weighted by molar-refractivity contribution is 5.76. The Kier molecular flexibility index (Phi) is 44.6. The minimum absolute atomic E-state index is 0.0463. The van der Waals surface area contributed by atoms with Gasteiger partial charge in [-0.25, -0.2) is 0 Å². The molecule has 6 N–H and O–H groups in total. The first-order valence-electron chi connectivity index (χ1n) is 27.9. The number of unbranched alkanes of at least 4 members (excludes halogenated alkanes) is 21. The zero-order chi connectivity index (χ0) is 51.0. The maximum Gasteiger partial charge on any atom is 0.305 e. The van der Waals surface area contributed by atoms with E-state index in [9.17, 15) is 35.1 Å². The van der Waals surface area contributed by atoms with Crippen LogP contribution in [-0.4, -0.2) is 100 Å². The first-order chi connectivity index (χ1) is 34.2. The fourth-order valence-corrected chi connectivity index (χ4v) is 8.03. The zero-order valence-corrected chi connectivity index (χ0v) is 43.9. The van der Waals surface area contributed by atoms with Crippen LogP contribution in [-0.2, 0) is 23.8 Å². The lowest BCUT2D eigenvalue weighted by molar-refractivity contribution is -0.302. The van der Waals surface area contributed by atoms with Crippen LogP contribution < -0.4 is 5.32 Å². The van der Waals surface area contributed by atoms with Crippen LogP contribution >= 0.6 is 0 Å². The molecule has 0 aromatic rings. The molecule has 402 valence electrons. The van der Waals surface area contributed by atoms with Crippen LogP contribution in [0.4, 0.5) is 0 Å². The van der Waals surface area contributed by atoms with Crippen molar-refractivity contribution in [3.63, 3.8) is 0 Å². The Morgan fingerprint density at radius 2 is 1.06 bits per heavy atom. The van der Waals surface area contributed by atoms with E-state index in [0.717, 1.165) is 109 Å². The number of esters is 1. The van der Waals surface area contributed by atoms with Crippen molar-refractivity contribution in [2.45, 2.75) is 256 Å². The molecule has 7 unspecified atom stereocenters. The average molecular weight is 984 g/mol. The minimum Gasteiger partial charge on any atom is -0.466 e. The summed E-state index contributed by atoms with van der Waals surface area (Å²) in [4.78, 5) is 25.0. The van der Waals surface area contributed by atoms with Crippen LogP contribution in [0.2, 0.25) is 0 Å². The topological polar surface area (TPSA) is 175 Å². The predicted octanol–water partition coefficient (Wildman–Crippen LogP) is 12.2. The van der Waals surface area contributed by atoms with Crippen molar-refractivity contribution >= 4 is 11.9 Å². The van der Waals surface area contributed by atoms with Crippen LogP contribution in [0.1, 0.15) is 213 Å². The molecule has 0 aliphatic carbocycles.